The molecule has 0 heterocycles. The van der Waals surface area contributed by atoms with Crippen LogP contribution in [0.2, 0.25) is 0 Å². The molecule has 1 aromatic carbocycles. The number of phenolic OH excluding ortho intramolecular Hbond substituents is 1. The van der Waals surface area contributed by atoms with Crippen molar-refractivity contribution in [2.24, 2.45) is 5.73 Å². The molecule has 0 bridgehead atoms. The van der Waals surface area contributed by atoms with Gasteiger partial charge in [-0.2, -0.15) is 0 Å². The van der Waals surface area contributed by atoms with E-state index < -0.39 is 12.5 Å². The third-order valence-electron chi connectivity index (χ3n) is 2.02. The lowest BCUT2D eigenvalue weighted by Crippen LogP contribution is -2.30. The van der Waals surface area contributed by atoms with Crippen molar-refractivity contribution < 1.29 is 13.9 Å². The monoisotopic (exact) mass is 201 g/mol. The molecule has 78 valence electrons. The van der Waals surface area contributed by atoms with Gasteiger partial charge in [-0.25, -0.2) is 8.78 Å². The molecule has 0 fully saturated rings. The molecular weight excluding hydrogens is 188 g/mol. The van der Waals surface area contributed by atoms with E-state index in [1.54, 1.807) is 12.1 Å². The molecule has 0 aliphatic heterocycles. The molecule has 0 aromatic heterocycles. The van der Waals surface area contributed by atoms with Gasteiger partial charge in [-0.05, 0) is 30.5 Å². The summed E-state index contributed by atoms with van der Waals surface area (Å²) in [4.78, 5) is 0. The minimum atomic E-state index is -2.56. The summed E-state index contributed by atoms with van der Waals surface area (Å²) in [5.41, 5.74) is 6.54. The van der Waals surface area contributed by atoms with E-state index >= 15 is 0 Å². The molecule has 0 radical (unpaired) electrons. The predicted octanol–water partition coefficient (Wildman–Crippen LogP) is 1.84. The van der Waals surface area contributed by atoms with Gasteiger partial charge in [-0.1, -0.05) is 12.1 Å². The van der Waals surface area contributed by atoms with E-state index in [4.69, 9.17) is 5.73 Å². The Bertz CT molecular complexity index is 315. The normalized spacial score (nSPS) is 13.2. The highest BCUT2D eigenvalue weighted by Gasteiger charge is 2.17. The Morgan fingerprint density at radius 3 is 2.57 bits per heavy atom. The zero-order valence-electron chi connectivity index (χ0n) is 7.87. The van der Waals surface area contributed by atoms with Crippen molar-refractivity contribution in [3.8, 4) is 5.75 Å². The molecule has 0 saturated heterocycles. The van der Waals surface area contributed by atoms with Crippen LogP contribution in [0, 0.1) is 6.92 Å². The van der Waals surface area contributed by atoms with Crippen LogP contribution in [-0.4, -0.2) is 17.6 Å². The smallest absolute Gasteiger partial charge is 0.253 e. The van der Waals surface area contributed by atoms with E-state index in [1.165, 1.54) is 6.07 Å². The zero-order valence-corrected chi connectivity index (χ0v) is 7.87. The maximum atomic E-state index is 12.1. The zero-order chi connectivity index (χ0) is 10.7. The van der Waals surface area contributed by atoms with Crippen LogP contribution in [0.15, 0.2) is 18.2 Å². The van der Waals surface area contributed by atoms with Gasteiger partial charge >= 0.3 is 0 Å². The largest absolute Gasteiger partial charge is 0.508 e. The van der Waals surface area contributed by atoms with Gasteiger partial charge in [-0.3, -0.25) is 0 Å². The topological polar surface area (TPSA) is 46.2 Å². The molecule has 0 aliphatic carbocycles. The fraction of sp³-hybridized carbons (Fsp3) is 0.400. The van der Waals surface area contributed by atoms with Crippen molar-refractivity contribution in [1.82, 2.24) is 0 Å². The van der Waals surface area contributed by atoms with Crippen molar-refractivity contribution >= 4 is 0 Å². The first kappa shape index (κ1) is 10.9. The summed E-state index contributed by atoms with van der Waals surface area (Å²) >= 11 is 0. The van der Waals surface area contributed by atoms with Crippen molar-refractivity contribution in [3.05, 3.63) is 29.3 Å². The maximum Gasteiger partial charge on any atom is 0.253 e. The van der Waals surface area contributed by atoms with Gasteiger partial charge in [0.1, 0.15) is 5.75 Å². The summed E-state index contributed by atoms with van der Waals surface area (Å²) in [5.74, 6) is 0.0288. The summed E-state index contributed by atoms with van der Waals surface area (Å²) in [5, 5.41) is 9.42. The van der Waals surface area contributed by atoms with Crippen LogP contribution >= 0.6 is 0 Å². The van der Waals surface area contributed by atoms with Gasteiger partial charge < -0.3 is 10.8 Å². The molecule has 1 unspecified atom stereocenters. The first-order valence-corrected chi connectivity index (χ1v) is 4.33. The Labute approximate surface area is 81.4 Å². The summed E-state index contributed by atoms with van der Waals surface area (Å²) in [6.45, 7) is 1.82. The molecule has 0 saturated carbocycles. The quantitative estimate of drug-likeness (QED) is 0.783. The van der Waals surface area contributed by atoms with Gasteiger partial charge in [0.25, 0.3) is 6.43 Å². The lowest BCUT2D eigenvalue weighted by Gasteiger charge is -2.11. The van der Waals surface area contributed by atoms with Crippen LogP contribution in [0.4, 0.5) is 8.78 Å². The molecule has 1 atom stereocenters. The third kappa shape index (κ3) is 2.67. The molecule has 2 nitrogen and oxygen atoms in total. The van der Waals surface area contributed by atoms with Crippen molar-refractivity contribution in [2.75, 3.05) is 0 Å². The minimum absolute atomic E-state index is 0.0101. The van der Waals surface area contributed by atoms with Gasteiger partial charge in [0.2, 0.25) is 0 Å². The second-order valence-corrected chi connectivity index (χ2v) is 3.33. The summed E-state index contributed by atoms with van der Waals surface area (Å²) in [6.07, 6.45) is -2.57. The molecule has 14 heavy (non-hydrogen) atoms. The van der Waals surface area contributed by atoms with Crippen LogP contribution in [-0.2, 0) is 6.42 Å². The van der Waals surface area contributed by atoms with Crippen molar-refractivity contribution in [1.29, 1.82) is 0 Å². The Balaban J connectivity index is 2.77. The Morgan fingerprint density at radius 1 is 1.43 bits per heavy atom. The maximum absolute atomic E-state index is 12.1. The second kappa shape index (κ2) is 4.37. The third-order valence-corrected chi connectivity index (χ3v) is 2.02. The lowest BCUT2D eigenvalue weighted by atomic mass is 10.0. The summed E-state index contributed by atoms with van der Waals surface area (Å²) < 4.78 is 24.2. The lowest BCUT2D eigenvalue weighted by molar-refractivity contribution is 0.115. The summed E-state index contributed by atoms with van der Waals surface area (Å²) in [7, 11) is 0. The van der Waals surface area contributed by atoms with Crippen molar-refractivity contribution in [2.45, 2.75) is 25.8 Å². The van der Waals surface area contributed by atoms with Crippen LogP contribution in [0.3, 0.4) is 0 Å². The fourth-order valence-corrected chi connectivity index (χ4v) is 1.19. The fourth-order valence-electron chi connectivity index (χ4n) is 1.19. The first-order valence-electron chi connectivity index (χ1n) is 4.33. The number of hydrogen-bond acceptors (Lipinski definition) is 2. The Morgan fingerprint density at radius 2 is 2.07 bits per heavy atom. The highest BCUT2D eigenvalue weighted by Crippen LogP contribution is 2.20. The standard InChI is InChI=1S/C10H13F2NO/c1-6-2-3-7(9(14)4-6)5-8(13)10(11)12/h2-4,8,10,14H,5,13H2,1H3. The number of hydrogen-bond donors (Lipinski definition) is 2. The molecule has 1 rings (SSSR count). The van der Waals surface area contributed by atoms with Crippen molar-refractivity contribution in [3.63, 3.8) is 0 Å². The van der Waals surface area contributed by atoms with E-state index in [1.807, 2.05) is 6.92 Å². The average molecular weight is 201 g/mol. The molecule has 3 N–H and O–H groups in total. The highest BCUT2D eigenvalue weighted by atomic mass is 19.3. The molecular formula is C10H13F2NO. The SMILES string of the molecule is Cc1ccc(CC(N)C(F)F)c(O)c1. The average Bonchev–Trinajstić information content (AvgIpc) is 2.09. The van der Waals surface area contributed by atoms with Crippen LogP contribution in [0.5, 0.6) is 5.75 Å². The molecule has 0 amide bonds. The van der Waals surface area contributed by atoms with E-state index in [2.05, 4.69) is 0 Å². The number of phenols is 1. The molecule has 0 spiro atoms. The Kier molecular flexibility index (Phi) is 3.41. The van der Waals surface area contributed by atoms with E-state index in [0.717, 1.165) is 5.56 Å². The number of halogens is 2. The van der Waals surface area contributed by atoms with E-state index in [-0.39, 0.29) is 12.2 Å². The highest BCUT2D eigenvalue weighted by molar-refractivity contribution is 5.36. The number of nitrogens with two attached hydrogens (primary N) is 1. The van der Waals surface area contributed by atoms with Gasteiger partial charge in [0.15, 0.2) is 0 Å². The van der Waals surface area contributed by atoms with Gasteiger partial charge in [0.05, 0.1) is 6.04 Å². The number of rotatable bonds is 3. The molecule has 0 aliphatic rings. The van der Waals surface area contributed by atoms with E-state index in [0.29, 0.717) is 5.56 Å². The van der Waals surface area contributed by atoms with Gasteiger partial charge in [-0.15, -0.1) is 0 Å². The number of aryl methyl sites for hydroxylation is 1. The van der Waals surface area contributed by atoms with E-state index in [9.17, 15) is 13.9 Å². The minimum Gasteiger partial charge on any atom is -0.508 e. The second-order valence-electron chi connectivity index (χ2n) is 3.33. The molecule has 1 aromatic rings. The predicted molar refractivity (Wildman–Crippen MR) is 50.5 cm³/mol. The van der Waals surface area contributed by atoms with Crippen LogP contribution < -0.4 is 5.73 Å². The van der Waals surface area contributed by atoms with Crippen LogP contribution in [0.25, 0.3) is 0 Å². The van der Waals surface area contributed by atoms with Gasteiger partial charge in [0, 0.05) is 0 Å². The first-order chi connectivity index (χ1) is 6.50. The number of alkyl halides is 2. The Hall–Kier alpha value is -1.16. The number of aromatic hydroxyl groups is 1. The van der Waals surface area contributed by atoms with Crippen LogP contribution in [0.1, 0.15) is 11.1 Å². The number of benzene rings is 1. The summed E-state index contributed by atoms with van der Waals surface area (Å²) in [6, 6.07) is 3.69. The molecule has 4 heteroatoms.